The molecule has 0 radical (unpaired) electrons. The highest BCUT2D eigenvalue weighted by Crippen LogP contribution is 2.32. The molecule has 0 spiro atoms. The lowest BCUT2D eigenvalue weighted by Gasteiger charge is -2.35. The molecular weight excluding hydrogens is 317 g/mol. The maximum Gasteiger partial charge on any atom is 0.137 e. The van der Waals surface area contributed by atoms with Crippen LogP contribution in [0.5, 0.6) is 0 Å². The molecule has 0 aliphatic heterocycles. The van der Waals surface area contributed by atoms with Gasteiger partial charge in [-0.1, -0.05) is 19.9 Å². The third kappa shape index (κ3) is 5.17. The molecule has 0 aliphatic carbocycles. The number of benzene rings is 1. The molecule has 0 aromatic heterocycles. The molecule has 0 atom stereocenters. The van der Waals surface area contributed by atoms with Gasteiger partial charge in [0, 0.05) is 12.1 Å². The highest BCUT2D eigenvalue weighted by Gasteiger charge is 2.28. The number of nitrogens with one attached hydrogen (secondary N) is 1. The van der Waals surface area contributed by atoms with Gasteiger partial charge in [0.15, 0.2) is 0 Å². The normalized spacial score (nSPS) is 12.8. The van der Waals surface area contributed by atoms with E-state index in [-0.39, 0.29) is 16.8 Å². The standard InChI is InChI=1S/C17H27BrFN/c1-6-17(7-2,12-20-16(3,4)5)11-13-8-9-15(19)14(18)10-13/h8-10,20H,6-7,11-12H2,1-5H3. The lowest BCUT2D eigenvalue weighted by atomic mass is 9.76. The molecule has 0 aliphatic rings. The van der Waals surface area contributed by atoms with E-state index in [1.807, 2.05) is 12.1 Å². The molecule has 1 aromatic rings. The first-order chi connectivity index (χ1) is 9.21. The summed E-state index contributed by atoms with van der Waals surface area (Å²) in [5.74, 6) is -0.194. The van der Waals surface area contributed by atoms with Crippen molar-refractivity contribution in [2.75, 3.05) is 6.54 Å². The third-order valence-electron chi connectivity index (χ3n) is 4.06. The smallest absolute Gasteiger partial charge is 0.137 e. The van der Waals surface area contributed by atoms with Crippen LogP contribution in [-0.2, 0) is 6.42 Å². The Kier molecular flexibility index (Phi) is 6.21. The average Bonchev–Trinajstić information content (AvgIpc) is 2.38. The van der Waals surface area contributed by atoms with Gasteiger partial charge in [0.2, 0.25) is 0 Å². The fraction of sp³-hybridized carbons (Fsp3) is 0.647. The van der Waals surface area contributed by atoms with E-state index in [9.17, 15) is 4.39 Å². The van der Waals surface area contributed by atoms with E-state index in [1.165, 1.54) is 5.56 Å². The van der Waals surface area contributed by atoms with Gasteiger partial charge in [0.1, 0.15) is 5.82 Å². The Morgan fingerprint density at radius 3 is 2.20 bits per heavy atom. The first-order valence-electron chi connectivity index (χ1n) is 7.40. The van der Waals surface area contributed by atoms with E-state index in [1.54, 1.807) is 6.07 Å². The predicted octanol–water partition coefficient (Wildman–Crippen LogP) is 5.33. The zero-order valence-electron chi connectivity index (χ0n) is 13.3. The summed E-state index contributed by atoms with van der Waals surface area (Å²) in [7, 11) is 0. The topological polar surface area (TPSA) is 12.0 Å². The lowest BCUT2D eigenvalue weighted by Crippen LogP contribution is -2.44. The molecular formula is C17H27BrFN. The van der Waals surface area contributed by atoms with E-state index in [0.29, 0.717) is 4.47 Å². The van der Waals surface area contributed by atoms with Crippen molar-refractivity contribution in [3.05, 3.63) is 34.1 Å². The molecule has 1 N–H and O–H groups in total. The summed E-state index contributed by atoms with van der Waals surface area (Å²) >= 11 is 3.28. The Labute approximate surface area is 131 Å². The van der Waals surface area contributed by atoms with Crippen LogP contribution < -0.4 is 5.32 Å². The van der Waals surface area contributed by atoms with Crippen molar-refractivity contribution < 1.29 is 4.39 Å². The maximum absolute atomic E-state index is 13.3. The summed E-state index contributed by atoms with van der Waals surface area (Å²) in [4.78, 5) is 0. The van der Waals surface area contributed by atoms with Crippen molar-refractivity contribution >= 4 is 15.9 Å². The summed E-state index contributed by atoms with van der Waals surface area (Å²) < 4.78 is 13.9. The van der Waals surface area contributed by atoms with Crippen LogP contribution in [0.3, 0.4) is 0 Å². The minimum Gasteiger partial charge on any atom is -0.312 e. The Morgan fingerprint density at radius 2 is 1.75 bits per heavy atom. The van der Waals surface area contributed by atoms with Crippen molar-refractivity contribution in [1.82, 2.24) is 5.32 Å². The number of rotatable bonds is 6. The molecule has 0 unspecified atom stereocenters. The SMILES string of the molecule is CCC(CC)(CNC(C)(C)C)Cc1ccc(F)c(Br)c1. The third-order valence-corrected chi connectivity index (χ3v) is 4.66. The van der Waals surface area contributed by atoms with Gasteiger partial charge in [-0.05, 0) is 79.1 Å². The Bertz CT molecular complexity index is 433. The van der Waals surface area contributed by atoms with Crippen molar-refractivity contribution in [3.8, 4) is 0 Å². The van der Waals surface area contributed by atoms with Crippen molar-refractivity contribution in [2.24, 2.45) is 5.41 Å². The molecule has 0 fully saturated rings. The van der Waals surface area contributed by atoms with Crippen LogP contribution in [0.15, 0.2) is 22.7 Å². The quantitative estimate of drug-likeness (QED) is 0.736. The lowest BCUT2D eigenvalue weighted by molar-refractivity contribution is 0.220. The van der Waals surface area contributed by atoms with Gasteiger partial charge in [-0.3, -0.25) is 0 Å². The van der Waals surface area contributed by atoms with Gasteiger partial charge < -0.3 is 5.32 Å². The highest BCUT2D eigenvalue weighted by molar-refractivity contribution is 9.10. The summed E-state index contributed by atoms with van der Waals surface area (Å²) in [6.07, 6.45) is 3.20. The van der Waals surface area contributed by atoms with Gasteiger partial charge in [-0.2, -0.15) is 0 Å². The van der Waals surface area contributed by atoms with Gasteiger partial charge >= 0.3 is 0 Å². The molecule has 1 nitrogen and oxygen atoms in total. The van der Waals surface area contributed by atoms with E-state index in [0.717, 1.165) is 25.8 Å². The Balaban J connectivity index is 2.87. The number of hydrogen-bond acceptors (Lipinski definition) is 1. The predicted molar refractivity (Wildman–Crippen MR) is 88.6 cm³/mol. The molecule has 1 rings (SSSR count). The average molecular weight is 344 g/mol. The van der Waals surface area contributed by atoms with Crippen LogP contribution in [-0.4, -0.2) is 12.1 Å². The second-order valence-electron chi connectivity index (χ2n) is 6.74. The van der Waals surface area contributed by atoms with Crippen LogP contribution in [0, 0.1) is 11.2 Å². The van der Waals surface area contributed by atoms with Crippen molar-refractivity contribution in [2.45, 2.75) is 59.4 Å². The second-order valence-corrected chi connectivity index (χ2v) is 7.59. The van der Waals surface area contributed by atoms with Gasteiger partial charge in [-0.25, -0.2) is 4.39 Å². The summed E-state index contributed by atoms with van der Waals surface area (Å²) in [6.45, 7) is 12.0. The zero-order valence-corrected chi connectivity index (χ0v) is 14.9. The van der Waals surface area contributed by atoms with Crippen LogP contribution in [0.2, 0.25) is 0 Å². The molecule has 1 aromatic carbocycles. The Morgan fingerprint density at radius 1 is 1.15 bits per heavy atom. The maximum atomic E-state index is 13.3. The molecule has 0 bridgehead atoms. The first kappa shape index (κ1) is 17.6. The monoisotopic (exact) mass is 343 g/mol. The number of hydrogen-bond donors (Lipinski definition) is 1. The van der Waals surface area contributed by atoms with E-state index in [2.05, 4.69) is 55.9 Å². The summed E-state index contributed by atoms with van der Waals surface area (Å²) in [5, 5.41) is 3.63. The Hall–Kier alpha value is -0.410. The summed E-state index contributed by atoms with van der Waals surface area (Å²) in [6, 6.07) is 5.36. The second kappa shape index (κ2) is 7.04. The van der Waals surface area contributed by atoms with E-state index in [4.69, 9.17) is 0 Å². The van der Waals surface area contributed by atoms with Gasteiger partial charge in [0.25, 0.3) is 0 Å². The van der Waals surface area contributed by atoms with Crippen LogP contribution >= 0.6 is 15.9 Å². The largest absolute Gasteiger partial charge is 0.312 e. The van der Waals surface area contributed by atoms with Crippen molar-refractivity contribution in [3.63, 3.8) is 0 Å². The van der Waals surface area contributed by atoms with Gasteiger partial charge in [-0.15, -0.1) is 0 Å². The molecule has 3 heteroatoms. The van der Waals surface area contributed by atoms with Crippen LogP contribution in [0.4, 0.5) is 4.39 Å². The first-order valence-corrected chi connectivity index (χ1v) is 8.19. The fourth-order valence-corrected chi connectivity index (χ4v) is 2.77. The van der Waals surface area contributed by atoms with Gasteiger partial charge in [0.05, 0.1) is 4.47 Å². The van der Waals surface area contributed by atoms with Crippen molar-refractivity contribution in [1.29, 1.82) is 0 Å². The molecule has 20 heavy (non-hydrogen) atoms. The highest BCUT2D eigenvalue weighted by atomic mass is 79.9. The minimum atomic E-state index is -0.194. The molecule has 0 saturated heterocycles. The molecule has 114 valence electrons. The molecule has 0 amide bonds. The number of halogens is 2. The summed E-state index contributed by atoms with van der Waals surface area (Å²) in [5.41, 5.74) is 1.54. The van der Waals surface area contributed by atoms with Crippen LogP contribution in [0.1, 0.15) is 53.0 Å². The minimum absolute atomic E-state index is 0.124. The van der Waals surface area contributed by atoms with E-state index < -0.39 is 0 Å². The zero-order chi connectivity index (χ0) is 15.4. The molecule has 0 saturated carbocycles. The van der Waals surface area contributed by atoms with E-state index >= 15 is 0 Å². The fourth-order valence-electron chi connectivity index (χ4n) is 2.35. The molecule has 0 heterocycles. The van der Waals surface area contributed by atoms with Crippen LogP contribution in [0.25, 0.3) is 0 Å².